The van der Waals surface area contributed by atoms with Crippen LogP contribution in [0.25, 0.3) is 0 Å². The lowest BCUT2D eigenvalue weighted by Gasteiger charge is -2.28. The van der Waals surface area contributed by atoms with Crippen molar-refractivity contribution in [2.75, 3.05) is 32.8 Å². The molecule has 1 atom stereocenters. The summed E-state index contributed by atoms with van der Waals surface area (Å²) in [4.78, 5) is 4.87. The van der Waals surface area contributed by atoms with E-state index in [0.29, 0.717) is 24.6 Å². The highest BCUT2D eigenvalue weighted by molar-refractivity contribution is 5.34. The lowest BCUT2D eigenvalue weighted by Crippen LogP contribution is -2.40. The fourth-order valence-corrected chi connectivity index (χ4v) is 3.67. The highest BCUT2D eigenvalue weighted by Crippen LogP contribution is 2.19. The molecule has 28 heavy (non-hydrogen) atoms. The summed E-state index contributed by atoms with van der Waals surface area (Å²) in [5.41, 5.74) is 1.98. The Labute approximate surface area is 167 Å². The van der Waals surface area contributed by atoms with Crippen molar-refractivity contribution in [1.29, 1.82) is 10.5 Å². The van der Waals surface area contributed by atoms with Crippen LogP contribution in [0.2, 0.25) is 0 Å². The first-order valence-corrected chi connectivity index (χ1v) is 9.79. The molecule has 0 bridgehead atoms. The molecule has 1 fully saturated rings. The molecule has 0 N–H and O–H groups in total. The molecular formula is C23H26N4O. The Kier molecular flexibility index (Phi) is 7.44. The van der Waals surface area contributed by atoms with Crippen LogP contribution in [0, 0.1) is 22.7 Å². The highest BCUT2D eigenvalue weighted by atomic mass is 16.5. The average Bonchev–Trinajstić information content (AvgIpc) is 3.20. The van der Waals surface area contributed by atoms with Crippen molar-refractivity contribution < 1.29 is 4.74 Å². The maximum absolute atomic E-state index is 9.01. The van der Waals surface area contributed by atoms with Crippen molar-refractivity contribution in [3.8, 4) is 17.9 Å². The van der Waals surface area contributed by atoms with E-state index in [2.05, 4.69) is 46.2 Å². The van der Waals surface area contributed by atoms with Gasteiger partial charge in [-0.1, -0.05) is 30.3 Å². The van der Waals surface area contributed by atoms with Crippen LogP contribution in [0.3, 0.4) is 0 Å². The van der Waals surface area contributed by atoms with E-state index in [-0.39, 0.29) is 0 Å². The monoisotopic (exact) mass is 374 g/mol. The smallest absolute Gasteiger partial charge is 0.119 e. The van der Waals surface area contributed by atoms with Crippen LogP contribution in [0.5, 0.6) is 5.75 Å². The van der Waals surface area contributed by atoms with Gasteiger partial charge in [-0.25, -0.2) is 0 Å². The molecule has 5 heteroatoms. The molecule has 0 radical (unpaired) electrons. The first-order chi connectivity index (χ1) is 13.8. The summed E-state index contributed by atoms with van der Waals surface area (Å²) >= 11 is 0. The zero-order chi connectivity index (χ0) is 19.6. The largest absolute Gasteiger partial charge is 0.492 e. The fraction of sp³-hybridized carbons (Fsp3) is 0.391. The molecule has 1 saturated heterocycles. The van der Waals surface area contributed by atoms with Gasteiger partial charge in [-0.05, 0) is 36.2 Å². The molecule has 0 amide bonds. The molecule has 3 rings (SSSR count). The molecule has 1 aliphatic rings. The molecule has 0 aromatic heterocycles. The van der Waals surface area contributed by atoms with Gasteiger partial charge in [0.25, 0.3) is 0 Å². The lowest BCUT2D eigenvalue weighted by atomic mass is 10.2. The summed E-state index contributed by atoms with van der Waals surface area (Å²) in [5.74, 6) is 0.774. The summed E-state index contributed by atoms with van der Waals surface area (Å²) in [6, 6.07) is 22.6. The molecule has 2 aromatic carbocycles. The zero-order valence-corrected chi connectivity index (χ0v) is 16.1. The van der Waals surface area contributed by atoms with E-state index < -0.39 is 0 Å². The number of hydrogen-bond donors (Lipinski definition) is 0. The summed E-state index contributed by atoms with van der Waals surface area (Å²) < 4.78 is 5.85. The fourth-order valence-electron chi connectivity index (χ4n) is 3.67. The highest BCUT2D eigenvalue weighted by Gasteiger charge is 2.27. The number of benzene rings is 2. The van der Waals surface area contributed by atoms with Crippen LogP contribution >= 0.6 is 0 Å². The van der Waals surface area contributed by atoms with Crippen molar-refractivity contribution in [1.82, 2.24) is 9.80 Å². The van der Waals surface area contributed by atoms with E-state index in [0.717, 1.165) is 44.9 Å². The molecule has 144 valence electrons. The molecule has 0 aliphatic carbocycles. The number of nitriles is 2. The van der Waals surface area contributed by atoms with Gasteiger partial charge in [0.15, 0.2) is 0 Å². The third-order valence-electron chi connectivity index (χ3n) is 5.15. The molecule has 1 unspecified atom stereocenters. The topological polar surface area (TPSA) is 63.3 Å². The zero-order valence-electron chi connectivity index (χ0n) is 16.1. The van der Waals surface area contributed by atoms with Crippen LogP contribution in [0.15, 0.2) is 54.6 Å². The predicted molar refractivity (Wildman–Crippen MR) is 109 cm³/mol. The summed E-state index contributed by atoms with van der Waals surface area (Å²) in [7, 11) is 0. The Morgan fingerprint density at radius 1 is 1.04 bits per heavy atom. The summed E-state index contributed by atoms with van der Waals surface area (Å²) in [6.45, 7) is 5.23. The van der Waals surface area contributed by atoms with Crippen LogP contribution in [-0.2, 0) is 6.54 Å². The Hall–Kier alpha value is -2.86. The molecule has 0 spiro atoms. The van der Waals surface area contributed by atoms with Gasteiger partial charge in [0, 0.05) is 45.2 Å². The molecule has 2 aromatic rings. The maximum atomic E-state index is 9.01. The van der Waals surface area contributed by atoms with E-state index in [9.17, 15) is 0 Å². The van der Waals surface area contributed by atoms with Crippen LogP contribution in [0.1, 0.15) is 24.0 Å². The SMILES string of the molecule is N#CCCN(CCOc1ccc(C#N)cc1)C1CCN(Cc2ccccc2)C1. The van der Waals surface area contributed by atoms with Gasteiger partial charge >= 0.3 is 0 Å². The van der Waals surface area contributed by atoms with Crippen molar-refractivity contribution >= 4 is 0 Å². The third-order valence-corrected chi connectivity index (χ3v) is 5.15. The van der Waals surface area contributed by atoms with E-state index >= 15 is 0 Å². The van der Waals surface area contributed by atoms with Crippen molar-refractivity contribution in [3.05, 3.63) is 65.7 Å². The van der Waals surface area contributed by atoms with Gasteiger partial charge in [-0.3, -0.25) is 9.80 Å². The van der Waals surface area contributed by atoms with Gasteiger partial charge < -0.3 is 4.74 Å². The van der Waals surface area contributed by atoms with Gasteiger partial charge in [-0.15, -0.1) is 0 Å². The first-order valence-electron chi connectivity index (χ1n) is 9.79. The lowest BCUT2D eigenvalue weighted by molar-refractivity contribution is 0.160. The Bertz CT molecular complexity index is 807. The van der Waals surface area contributed by atoms with E-state index in [1.165, 1.54) is 5.56 Å². The standard InChI is InChI=1S/C23H26N4O/c24-12-4-13-27(15-16-28-23-9-7-20(17-25)8-10-23)22-11-14-26(19-22)18-21-5-2-1-3-6-21/h1-3,5-10,22H,4,11,13-16,18-19H2. The number of nitrogens with zero attached hydrogens (tertiary/aromatic N) is 4. The molecule has 0 saturated carbocycles. The molecular weight excluding hydrogens is 348 g/mol. The number of hydrogen-bond acceptors (Lipinski definition) is 5. The first kappa shape index (κ1) is 19.9. The second kappa shape index (κ2) is 10.5. The van der Waals surface area contributed by atoms with Crippen LogP contribution in [0.4, 0.5) is 0 Å². The van der Waals surface area contributed by atoms with Crippen molar-refractivity contribution in [2.24, 2.45) is 0 Å². The Morgan fingerprint density at radius 2 is 1.82 bits per heavy atom. The normalized spacial score (nSPS) is 16.6. The van der Waals surface area contributed by atoms with Crippen molar-refractivity contribution in [3.63, 3.8) is 0 Å². The van der Waals surface area contributed by atoms with Gasteiger partial charge in [0.1, 0.15) is 12.4 Å². The van der Waals surface area contributed by atoms with E-state index in [4.69, 9.17) is 15.3 Å². The minimum atomic E-state index is 0.460. The third kappa shape index (κ3) is 5.82. The quantitative estimate of drug-likeness (QED) is 0.673. The number of rotatable bonds is 9. The number of likely N-dealkylation sites (tertiary alicyclic amines) is 1. The second-order valence-corrected chi connectivity index (χ2v) is 7.09. The minimum absolute atomic E-state index is 0.460. The average molecular weight is 374 g/mol. The molecule has 1 heterocycles. The molecule has 5 nitrogen and oxygen atoms in total. The summed E-state index contributed by atoms with van der Waals surface area (Å²) in [5, 5.41) is 17.9. The Balaban J connectivity index is 1.50. The van der Waals surface area contributed by atoms with Crippen LogP contribution < -0.4 is 4.74 Å². The minimum Gasteiger partial charge on any atom is -0.492 e. The van der Waals surface area contributed by atoms with Gasteiger partial charge in [0.05, 0.1) is 17.7 Å². The van der Waals surface area contributed by atoms with Crippen LogP contribution in [-0.4, -0.2) is 48.6 Å². The molecule has 1 aliphatic heterocycles. The van der Waals surface area contributed by atoms with Crippen molar-refractivity contribution in [2.45, 2.75) is 25.4 Å². The number of ether oxygens (including phenoxy) is 1. The second-order valence-electron chi connectivity index (χ2n) is 7.09. The van der Waals surface area contributed by atoms with Gasteiger partial charge in [0.2, 0.25) is 0 Å². The summed E-state index contributed by atoms with van der Waals surface area (Å²) in [6.07, 6.45) is 1.65. The van der Waals surface area contributed by atoms with Gasteiger partial charge in [-0.2, -0.15) is 10.5 Å². The predicted octanol–water partition coefficient (Wildman–Crippen LogP) is 3.43. The van der Waals surface area contributed by atoms with E-state index in [1.807, 2.05) is 18.2 Å². The maximum Gasteiger partial charge on any atom is 0.119 e. The Morgan fingerprint density at radius 3 is 2.54 bits per heavy atom. The van der Waals surface area contributed by atoms with E-state index in [1.54, 1.807) is 12.1 Å².